The summed E-state index contributed by atoms with van der Waals surface area (Å²) in [6.45, 7) is 8.11. The van der Waals surface area contributed by atoms with Crippen LogP contribution >= 0.6 is 0 Å². The third kappa shape index (κ3) is 2.81. The molecule has 1 aliphatic rings. The van der Waals surface area contributed by atoms with E-state index >= 15 is 0 Å². The van der Waals surface area contributed by atoms with E-state index in [1.54, 1.807) is 6.26 Å². The lowest BCUT2D eigenvalue weighted by Crippen LogP contribution is -2.10. The number of esters is 1. The van der Waals surface area contributed by atoms with Crippen molar-refractivity contribution in [1.82, 2.24) is 0 Å². The normalized spacial score (nSPS) is 16.8. The number of phenols is 1. The van der Waals surface area contributed by atoms with Crippen molar-refractivity contribution in [3.05, 3.63) is 40.2 Å². The zero-order chi connectivity index (χ0) is 17.4. The van der Waals surface area contributed by atoms with E-state index in [-0.39, 0.29) is 18.3 Å². The van der Waals surface area contributed by atoms with Crippen LogP contribution in [0.25, 0.3) is 11.0 Å². The number of hydrogen-bond acceptors (Lipinski definition) is 4. The minimum atomic E-state index is -0.363. The van der Waals surface area contributed by atoms with Gasteiger partial charge in [-0.1, -0.05) is 12.5 Å². The van der Waals surface area contributed by atoms with E-state index in [4.69, 9.17) is 9.15 Å². The van der Waals surface area contributed by atoms with Gasteiger partial charge in [0.25, 0.3) is 0 Å². The van der Waals surface area contributed by atoms with Gasteiger partial charge in [0.15, 0.2) is 11.3 Å². The standard InChI is InChI=1S/C20H24O4/c1-11(2)8-16(21)23-9-14-10-24-20-18(14)13(4)17-12(3)6-5-7-15(17)19(20)22/h8,10,12,22H,5-7,9H2,1-4H3. The number of aromatic hydroxyl groups is 1. The first kappa shape index (κ1) is 16.6. The van der Waals surface area contributed by atoms with E-state index in [0.717, 1.165) is 46.9 Å². The highest BCUT2D eigenvalue weighted by atomic mass is 16.5. The summed E-state index contributed by atoms with van der Waals surface area (Å²) in [6, 6.07) is 0. The number of rotatable bonds is 3. The van der Waals surface area contributed by atoms with Gasteiger partial charge in [-0.15, -0.1) is 0 Å². The third-order valence-electron chi connectivity index (χ3n) is 4.81. The fraction of sp³-hybridized carbons (Fsp3) is 0.450. The summed E-state index contributed by atoms with van der Waals surface area (Å²) in [5.41, 5.74) is 5.58. The summed E-state index contributed by atoms with van der Waals surface area (Å²) in [7, 11) is 0. The molecule has 0 saturated carbocycles. The smallest absolute Gasteiger partial charge is 0.331 e. The molecule has 4 nitrogen and oxygen atoms in total. The predicted molar refractivity (Wildman–Crippen MR) is 93.2 cm³/mol. The SMILES string of the molecule is CC(C)=CC(=O)OCc1coc2c(O)c3c(c(C)c12)C(C)CCC3. The fourth-order valence-electron chi connectivity index (χ4n) is 3.79. The molecule has 1 aromatic carbocycles. The number of hydrogen-bond donors (Lipinski definition) is 1. The Morgan fingerprint density at radius 3 is 2.92 bits per heavy atom. The molecule has 1 aliphatic carbocycles. The summed E-state index contributed by atoms with van der Waals surface area (Å²) >= 11 is 0. The van der Waals surface area contributed by atoms with Crippen molar-refractivity contribution in [1.29, 1.82) is 0 Å². The van der Waals surface area contributed by atoms with E-state index in [2.05, 4.69) is 13.8 Å². The molecule has 2 aromatic rings. The molecule has 0 spiro atoms. The molecule has 1 atom stereocenters. The zero-order valence-corrected chi connectivity index (χ0v) is 14.7. The van der Waals surface area contributed by atoms with Crippen LogP contribution in [0.15, 0.2) is 22.3 Å². The van der Waals surface area contributed by atoms with Crippen molar-refractivity contribution in [3.63, 3.8) is 0 Å². The molecule has 0 bridgehead atoms. The van der Waals surface area contributed by atoms with Crippen molar-refractivity contribution in [2.75, 3.05) is 0 Å². The minimum absolute atomic E-state index is 0.142. The first-order chi connectivity index (χ1) is 11.4. The lowest BCUT2D eigenvalue weighted by molar-refractivity contribution is -0.139. The lowest BCUT2D eigenvalue weighted by Gasteiger charge is -2.25. The largest absolute Gasteiger partial charge is 0.504 e. The number of furan rings is 1. The van der Waals surface area contributed by atoms with Crippen LogP contribution in [-0.4, -0.2) is 11.1 Å². The maximum atomic E-state index is 11.7. The number of ether oxygens (including phenoxy) is 1. The van der Waals surface area contributed by atoms with Crippen LogP contribution in [0, 0.1) is 6.92 Å². The van der Waals surface area contributed by atoms with Crippen molar-refractivity contribution < 1.29 is 19.1 Å². The number of carbonyl (C=O) groups excluding carboxylic acids is 1. The molecule has 0 aliphatic heterocycles. The van der Waals surface area contributed by atoms with Gasteiger partial charge < -0.3 is 14.3 Å². The molecule has 3 rings (SSSR count). The highest BCUT2D eigenvalue weighted by Gasteiger charge is 2.27. The Hall–Kier alpha value is -2.23. The second kappa shape index (κ2) is 6.34. The number of phenolic OH excluding ortho intramolecular Hbond substituents is 1. The van der Waals surface area contributed by atoms with E-state index in [9.17, 15) is 9.90 Å². The monoisotopic (exact) mass is 328 g/mol. The fourth-order valence-corrected chi connectivity index (χ4v) is 3.79. The molecule has 128 valence electrons. The lowest BCUT2D eigenvalue weighted by atomic mass is 9.79. The second-order valence-electron chi connectivity index (χ2n) is 6.95. The van der Waals surface area contributed by atoms with Gasteiger partial charge in [0.2, 0.25) is 0 Å². The van der Waals surface area contributed by atoms with Crippen molar-refractivity contribution in [3.8, 4) is 5.75 Å². The van der Waals surface area contributed by atoms with Crippen molar-refractivity contribution in [2.24, 2.45) is 0 Å². The van der Waals surface area contributed by atoms with Gasteiger partial charge in [-0.2, -0.15) is 0 Å². The van der Waals surface area contributed by atoms with Gasteiger partial charge in [-0.3, -0.25) is 0 Å². The number of benzene rings is 1. The molecule has 0 amide bonds. The topological polar surface area (TPSA) is 59.7 Å². The van der Waals surface area contributed by atoms with E-state index in [1.165, 1.54) is 11.6 Å². The molecule has 0 saturated heterocycles. The number of aryl methyl sites for hydroxylation is 1. The zero-order valence-electron chi connectivity index (χ0n) is 14.7. The summed E-state index contributed by atoms with van der Waals surface area (Å²) < 4.78 is 10.9. The number of fused-ring (bicyclic) bond motifs is 2. The Morgan fingerprint density at radius 1 is 1.46 bits per heavy atom. The van der Waals surface area contributed by atoms with Gasteiger partial charge in [-0.05, 0) is 57.1 Å². The Morgan fingerprint density at radius 2 is 2.21 bits per heavy atom. The predicted octanol–water partition coefficient (Wildman–Crippen LogP) is 4.90. The van der Waals surface area contributed by atoms with Crippen LogP contribution in [-0.2, 0) is 22.6 Å². The Bertz CT molecular complexity index is 822. The van der Waals surface area contributed by atoms with E-state index in [1.807, 2.05) is 13.8 Å². The van der Waals surface area contributed by atoms with E-state index in [0.29, 0.717) is 11.5 Å². The first-order valence-corrected chi connectivity index (χ1v) is 8.46. The molecule has 24 heavy (non-hydrogen) atoms. The third-order valence-corrected chi connectivity index (χ3v) is 4.81. The maximum Gasteiger partial charge on any atom is 0.331 e. The highest BCUT2D eigenvalue weighted by molar-refractivity contribution is 5.92. The van der Waals surface area contributed by atoms with Crippen molar-refractivity contribution >= 4 is 16.9 Å². The average Bonchev–Trinajstić information content (AvgIpc) is 2.94. The quantitative estimate of drug-likeness (QED) is 0.643. The Balaban J connectivity index is 2.03. The van der Waals surface area contributed by atoms with Gasteiger partial charge in [0.1, 0.15) is 6.61 Å². The van der Waals surface area contributed by atoms with Gasteiger partial charge in [0.05, 0.1) is 6.26 Å². The molecular formula is C20H24O4. The maximum absolute atomic E-state index is 11.7. The molecule has 1 aromatic heterocycles. The van der Waals surface area contributed by atoms with Gasteiger partial charge in [-0.25, -0.2) is 4.79 Å². The molecule has 0 radical (unpaired) electrons. The number of allylic oxidation sites excluding steroid dienone is 1. The molecule has 4 heteroatoms. The summed E-state index contributed by atoms with van der Waals surface area (Å²) in [5.74, 6) is 0.302. The Labute approximate surface area is 142 Å². The summed E-state index contributed by atoms with van der Waals surface area (Å²) in [4.78, 5) is 11.7. The second-order valence-corrected chi connectivity index (χ2v) is 6.95. The molecule has 1 N–H and O–H groups in total. The molecule has 1 heterocycles. The summed E-state index contributed by atoms with van der Waals surface area (Å²) in [6.07, 6.45) is 6.15. The molecule has 0 fully saturated rings. The van der Waals surface area contributed by atoms with Crippen LogP contribution in [0.2, 0.25) is 0 Å². The molecular weight excluding hydrogens is 304 g/mol. The van der Waals surface area contributed by atoms with Crippen LogP contribution in [0.4, 0.5) is 0 Å². The first-order valence-electron chi connectivity index (χ1n) is 8.46. The van der Waals surface area contributed by atoms with E-state index < -0.39 is 0 Å². The van der Waals surface area contributed by atoms with Crippen LogP contribution in [0.1, 0.15) is 61.8 Å². The molecule has 1 unspecified atom stereocenters. The van der Waals surface area contributed by atoms with Crippen LogP contribution in [0.3, 0.4) is 0 Å². The average molecular weight is 328 g/mol. The Kier molecular flexibility index (Phi) is 4.39. The van der Waals surface area contributed by atoms with Crippen LogP contribution < -0.4 is 0 Å². The van der Waals surface area contributed by atoms with Gasteiger partial charge in [0, 0.05) is 22.6 Å². The summed E-state index contributed by atoms with van der Waals surface area (Å²) in [5, 5.41) is 11.5. The van der Waals surface area contributed by atoms with Crippen LogP contribution in [0.5, 0.6) is 5.75 Å². The minimum Gasteiger partial charge on any atom is -0.504 e. The van der Waals surface area contributed by atoms with Crippen molar-refractivity contribution in [2.45, 2.75) is 59.5 Å². The highest BCUT2D eigenvalue weighted by Crippen LogP contribution is 2.45. The van der Waals surface area contributed by atoms with Gasteiger partial charge >= 0.3 is 5.97 Å². The number of carbonyl (C=O) groups is 1.